The highest BCUT2D eigenvalue weighted by atomic mass is 19.4. The van der Waals surface area contributed by atoms with Crippen molar-refractivity contribution in [1.82, 2.24) is 19.6 Å². The molecule has 0 spiro atoms. The average molecular weight is 541 g/mol. The van der Waals surface area contributed by atoms with Crippen LogP contribution in [0.5, 0.6) is 5.75 Å². The number of alkyl halides is 3. The van der Waals surface area contributed by atoms with Crippen LogP contribution in [0.15, 0.2) is 30.3 Å². The number of unbranched alkanes of at least 4 members (excludes halogenated alkanes) is 3. The quantitative estimate of drug-likeness (QED) is 0.261. The number of hydrogen-bond donors (Lipinski definition) is 0. The van der Waals surface area contributed by atoms with Gasteiger partial charge in [0.1, 0.15) is 5.75 Å². The van der Waals surface area contributed by atoms with Gasteiger partial charge in [-0.15, -0.1) is 13.2 Å². The van der Waals surface area contributed by atoms with E-state index in [1.807, 2.05) is 26.8 Å². The topological polar surface area (TPSA) is 42.8 Å². The van der Waals surface area contributed by atoms with Crippen LogP contribution in [0.3, 0.4) is 0 Å². The molecule has 0 radical (unpaired) electrons. The van der Waals surface area contributed by atoms with Crippen LogP contribution < -0.4 is 4.74 Å². The van der Waals surface area contributed by atoms with Crippen molar-refractivity contribution < 1.29 is 22.6 Å². The molecule has 0 saturated carbocycles. The van der Waals surface area contributed by atoms with Gasteiger partial charge in [-0.1, -0.05) is 47.0 Å². The second kappa shape index (κ2) is 16.8. The van der Waals surface area contributed by atoms with Gasteiger partial charge in [-0.05, 0) is 69.1 Å². The number of aromatic nitrogens is 2. The Morgan fingerprint density at radius 3 is 2.24 bits per heavy atom. The zero-order valence-electron chi connectivity index (χ0n) is 23.9. The lowest BCUT2D eigenvalue weighted by Crippen LogP contribution is -2.41. The van der Waals surface area contributed by atoms with Crippen molar-refractivity contribution in [3.05, 3.63) is 41.7 Å². The zero-order valence-corrected chi connectivity index (χ0v) is 23.9. The van der Waals surface area contributed by atoms with E-state index in [0.717, 1.165) is 37.7 Å². The highest BCUT2D eigenvalue weighted by molar-refractivity contribution is 5.39. The molecule has 0 atom stereocenters. The molecule has 1 saturated heterocycles. The maximum absolute atomic E-state index is 12.1. The predicted octanol–water partition coefficient (Wildman–Crippen LogP) is 6.81. The van der Waals surface area contributed by atoms with Crippen LogP contribution in [0.1, 0.15) is 77.1 Å². The van der Waals surface area contributed by atoms with E-state index in [4.69, 9.17) is 4.74 Å². The number of hydrogen-bond acceptors (Lipinski definition) is 5. The molecule has 6 nitrogen and oxygen atoms in total. The molecule has 2 aromatic rings. The molecule has 1 fully saturated rings. The summed E-state index contributed by atoms with van der Waals surface area (Å²) < 4.78 is 47.3. The lowest BCUT2D eigenvalue weighted by molar-refractivity contribution is -0.274. The second-order valence-electron chi connectivity index (χ2n) is 10.2. The Morgan fingerprint density at radius 2 is 1.66 bits per heavy atom. The third-order valence-electron chi connectivity index (χ3n) is 6.47. The molecule has 2 heterocycles. The van der Waals surface area contributed by atoms with Crippen molar-refractivity contribution in [3.63, 3.8) is 0 Å². The van der Waals surface area contributed by atoms with E-state index in [0.29, 0.717) is 5.69 Å². The van der Waals surface area contributed by atoms with Gasteiger partial charge in [-0.2, -0.15) is 5.10 Å². The molecular weight excluding hydrogens is 493 g/mol. The van der Waals surface area contributed by atoms with Crippen molar-refractivity contribution >= 4 is 0 Å². The van der Waals surface area contributed by atoms with E-state index in [2.05, 4.69) is 33.5 Å². The fourth-order valence-electron chi connectivity index (χ4n) is 4.45. The zero-order chi connectivity index (χ0) is 28.0. The standard InChI is InChI=1S/C15H32N2O.C14H15F3N2O/c1-3-5-6-7-9-16(8-4-2)10-11-17-12-14-18-15-13-17;1-9(2)13-8-10(3)18-19(13)11-4-6-12(7-5-11)20-14(15,16)17/h3-15H2,1-2H3;4-9H,1-3H3. The molecule has 0 unspecified atom stereocenters. The number of rotatable bonds is 13. The number of halogens is 3. The SMILES string of the molecule is CCCCCCN(CCC)CCN1CCOCC1.Cc1cc(C(C)C)n(-c2ccc(OC(F)(F)F)cc2)n1. The highest BCUT2D eigenvalue weighted by Gasteiger charge is 2.31. The van der Waals surface area contributed by atoms with Gasteiger partial charge in [0.05, 0.1) is 24.6 Å². The first kappa shape index (κ1) is 32.1. The predicted molar refractivity (Wildman–Crippen MR) is 147 cm³/mol. The monoisotopic (exact) mass is 540 g/mol. The molecule has 0 amide bonds. The number of benzene rings is 1. The largest absolute Gasteiger partial charge is 0.573 e. The number of aryl methyl sites for hydroxylation is 1. The average Bonchev–Trinajstić information content (AvgIpc) is 3.27. The Bertz CT molecular complexity index is 894. The Kier molecular flexibility index (Phi) is 14.2. The minimum absolute atomic E-state index is 0.240. The summed E-state index contributed by atoms with van der Waals surface area (Å²) in [5, 5.41) is 4.36. The van der Waals surface area contributed by atoms with Crippen molar-refractivity contribution in [3.8, 4) is 11.4 Å². The molecule has 0 aliphatic carbocycles. The molecule has 216 valence electrons. The number of morpholine rings is 1. The number of ether oxygens (including phenoxy) is 2. The third-order valence-corrected chi connectivity index (χ3v) is 6.47. The van der Waals surface area contributed by atoms with Crippen LogP contribution in [0.25, 0.3) is 5.69 Å². The lowest BCUT2D eigenvalue weighted by atomic mass is 10.1. The fourth-order valence-corrected chi connectivity index (χ4v) is 4.45. The molecule has 1 aromatic carbocycles. The first-order chi connectivity index (χ1) is 18.1. The maximum atomic E-state index is 12.1. The van der Waals surface area contributed by atoms with Crippen molar-refractivity contribution in [2.75, 3.05) is 52.5 Å². The summed E-state index contributed by atoms with van der Waals surface area (Å²) in [5.41, 5.74) is 2.58. The Balaban J connectivity index is 0.000000269. The van der Waals surface area contributed by atoms with Gasteiger partial charge in [0, 0.05) is 31.9 Å². The molecule has 1 aromatic heterocycles. The maximum Gasteiger partial charge on any atom is 0.573 e. The van der Waals surface area contributed by atoms with Gasteiger partial charge in [0.15, 0.2) is 0 Å². The summed E-state index contributed by atoms with van der Waals surface area (Å²) in [6, 6.07) is 7.64. The summed E-state index contributed by atoms with van der Waals surface area (Å²) in [7, 11) is 0. The lowest BCUT2D eigenvalue weighted by Gasteiger charge is -2.30. The molecule has 1 aliphatic heterocycles. The molecule has 0 N–H and O–H groups in total. The molecular formula is C29H47F3N4O2. The summed E-state index contributed by atoms with van der Waals surface area (Å²) in [5.74, 6) is 0.0264. The molecule has 1 aliphatic rings. The minimum Gasteiger partial charge on any atom is -0.406 e. The number of nitrogens with zero attached hydrogens (tertiary/aromatic N) is 4. The van der Waals surface area contributed by atoms with E-state index in [-0.39, 0.29) is 11.7 Å². The molecule has 38 heavy (non-hydrogen) atoms. The van der Waals surface area contributed by atoms with Crippen LogP contribution in [0, 0.1) is 6.92 Å². The minimum atomic E-state index is -4.67. The Morgan fingerprint density at radius 1 is 0.974 bits per heavy atom. The first-order valence-electron chi connectivity index (χ1n) is 14.1. The van der Waals surface area contributed by atoms with E-state index in [1.54, 1.807) is 16.8 Å². The van der Waals surface area contributed by atoms with Crippen LogP contribution in [-0.2, 0) is 4.74 Å². The van der Waals surface area contributed by atoms with Crippen molar-refractivity contribution in [1.29, 1.82) is 0 Å². The van der Waals surface area contributed by atoms with Crippen LogP contribution in [-0.4, -0.2) is 78.4 Å². The van der Waals surface area contributed by atoms with Crippen LogP contribution in [0.2, 0.25) is 0 Å². The summed E-state index contributed by atoms with van der Waals surface area (Å²) >= 11 is 0. The second-order valence-corrected chi connectivity index (χ2v) is 10.2. The van der Waals surface area contributed by atoms with E-state index in [1.165, 1.54) is 70.4 Å². The van der Waals surface area contributed by atoms with E-state index < -0.39 is 6.36 Å². The molecule has 3 rings (SSSR count). The van der Waals surface area contributed by atoms with Gasteiger partial charge in [-0.3, -0.25) is 4.90 Å². The highest BCUT2D eigenvalue weighted by Crippen LogP contribution is 2.25. The smallest absolute Gasteiger partial charge is 0.406 e. The van der Waals surface area contributed by atoms with Gasteiger partial charge in [0.2, 0.25) is 0 Å². The summed E-state index contributed by atoms with van der Waals surface area (Å²) in [6.07, 6.45) is 2.10. The first-order valence-corrected chi connectivity index (χ1v) is 14.1. The van der Waals surface area contributed by atoms with Crippen molar-refractivity contribution in [2.45, 2.75) is 79.0 Å². The van der Waals surface area contributed by atoms with E-state index in [9.17, 15) is 13.2 Å². The Labute approximate surface area is 227 Å². The van der Waals surface area contributed by atoms with Crippen LogP contribution in [0.4, 0.5) is 13.2 Å². The van der Waals surface area contributed by atoms with E-state index >= 15 is 0 Å². The normalized spacial score (nSPS) is 14.6. The Hall–Kier alpha value is -2.10. The summed E-state index contributed by atoms with van der Waals surface area (Å²) in [4.78, 5) is 5.18. The van der Waals surface area contributed by atoms with Gasteiger partial charge in [-0.25, -0.2) is 4.68 Å². The molecule has 9 heteroatoms. The van der Waals surface area contributed by atoms with Crippen LogP contribution >= 0.6 is 0 Å². The molecule has 0 bridgehead atoms. The van der Waals surface area contributed by atoms with Gasteiger partial charge < -0.3 is 14.4 Å². The van der Waals surface area contributed by atoms with Gasteiger partial charge >= 0.3 is 6.36 Å². The third kappa shape index (κ3) is 12.2. The van der Waals surface area contributed by atoms with Crippen molar-refractivity contribution in [2.24, 2.45) is 0 Å². The fraction of sp³-hybridized carbons (Fsp3) is 0.690. The van der Waals surface area contributed by atoms with Gasteiger partial charge in [0.25, 0.3) is 0 Å². The summed E-state index contributed by atoms with van der Waals surface area (Å²) in [6.45, 7) is 19.6.